The van der Waals surface area contributed by atoms with Gasteiger partial charge in [-0.25, -0.2) is 0 Å². The van der Waals surface area contributed by atoms with E-state index >= 15 is 0 Å². The molecule has 1 amide bonds. The fourth-order valence-electron chi connectivity index (χ4n) is 3.61. The number of fused-ring (bicyclic) bond motifs is 1. The molecular formula is C18H16F6N6O. The molecule has 7 nitrogen and oxygen atoms in total. The number of pyridine rings is 1. The Balaban J connectivity index is 1.51. The van der Waals surface area contributed by atoms with Gasteiger partial charge in [-0.1, -0.05) is 0 Å². The van der Waals surface area contributed by atoms with Crippen LogP contribution >= 0.6 is 0 Å². The largest absolute Gasteiger partial charge is 0.435 e. The summed E-state index contributed by atoms with van der Waals surface area (Å²) in [6.07, 6.45) is -5.98. The molecule has 1 aliphatic heterocycles. The van der Waals surface area contributed by atoms with Crippen LogP contribution < -0.4 is 0 Å². The van der Waals surface area contributed by atoms with Crippen molar-refractivity contribution in [2.45, 2.75) is 37.7 Å². The average molecular weight is 446 g/mol. The zero-order valence-corrected chi connectivity index (χ0v) is 15.9. The zero-order valence-electron chi connectivity index (χ0n) is 15.9. The zero-order chi connectivity index (χ0) is 22.4. The molecule has 0 N–H and O–H groups in total. The number of piperidine rings is 1. The van der Waals surface area contributed by atoms with Gasteiger partial charge in [0.2, 0.25) is 5.91 Å². The van der Waals surface area contributed by atoms with Crippen LogP contribution in [0.3, 0.4) is 0 Å². The number of hydrogen-bond acceptors (Lipinski definition) is 4. The first-order chi connectivity index (χ1) is 14.5. The minimum Gasteiger partial charge on any atom is -0.340 e. The van der Waals surface area contributed by atoms with E-state index in [1.165, 1.54) is 15.4 Å². The van der Waals surface area contributed by atoms with Crippen LogP contribution in [0.15, 0.2) is 30.6 Å². The van der Waals surface area contributed by atoms with Crippen molar-refractivity contribution in [2.75, 3.05) is 13.1 Å². The summed E-state index contributed by atoms with van der Waals surface area (Å²) in [5, 5.41) is 11.3. The molecule has 0 aromatic carbocycles. The topological polar surface area (TPSA) is 68.3 Å². The minimum absolute atomic E-state index is 0.170. The number of amides is 1. The summed E-state index contributed by atoms with van der Waals surface area (Å²) in [5.74, 6) is -0.497. The lowest BCUT2D eigenvalue weighted by atomic mass is 9.97. The molecule has 1 unspecified atom stereocenters. The van der Waals surface area contributed by atoms with Crippen LogP contribution in [0.25, 0.3) is 5.65 Å². The number of alkyl halides is 6. The van der Waals surface area contributed by atoms with E-state index in [9.17, 15) is 31.1 Å². The van der Waals surface area contributed by atoms with Crippen LogP contribution in [0, 0.1) is 0 Å². The quantitative estimate of drug-likeness (QED) is 0.579. The van der Waals surface area contributed by atoms with Crippen LogP contribution in [0.1, 0.15) is 35.8 Å². The Morgan fingerprint density at radius 2 is 1.84 bits per heavy atom. The standard InChI is InChI=1S/C18H16F6N6O/c19-17(20,21)12-3-4-14-25-26-16(30(14)9-12)11-2-1-6-28(8-11)15(31)10-29-7-5-13(27-29)18(22,23)24/h3-5,7,9,11H,1-2,6,8,10H2. The Bertz CT molecular complexity index is 1100. The predicted octanol–water partition coefficient (Wildman–Crippen LogP) is 3.37. The van der Waals surface area contributed by atoms with E-state index in [1.54, 1.807) is 0 Å². The van der Waals surface area contributed by atoms with E-state index in [4.69, 9.17) is 0 Å². The van der Waals surface area contributed by atoms with E-state index in [0.29, 0.717) is 25.2 Å². The van der Waals surface area contributed by atoms with Gasteiger partial charge in [-0.3, -0.25) is 13.9 Å². The number of nitrogens with zero attached hydrogens (tertiary/aromatic N) is 6. The van der Waals surface area contributed by atoms with Crippen molar-refractivity contribution < 1.29 is 31.1 Å². The van der Waals surface area contributed by atoms with E-state index in [0.717, 1.165) is 29.2 Å². The summed E-state index contributed by atoms with van der Waals surface area (Å²) in [7, 11) is 0. The van der Waals surface area contributed by atoms with Crippen LogP contribution in [-0.2, 0) is 23.7 Å². The average Bonchev–Trinajstić information content (AvgIpc) is 3.33. The molecule has 31 heavy (non-hydrogen) atoms. The molecule has 0 saturated carbocycles. The molecular weight excluding hydrogens is 430 g/mol. The predicted molar refractivity (Wildman–Crippen MR) is 93.8 cm³/mol. The van der Waals surface area contributed by atoms with Crippen LogP contribution in [-0.4, -0.2) is 48.3 Å². The summed E-state index contributed by atoms with van der Waals surface area (Å²) in [6.45, 7) is 0.179. The summed E-state index contributed by atoms with van der Waals surface area (Å²) < 4.78 is 79.4. The molecule has 4 rings (SSSR count). The Hall–Kier alpha value is -3.12. The first-order valence-electron chi connectivity index (χ1n) is 9.32. The smallest absolute Gasteiger partial charge is 0.340 e. The van der Waals surface area contributed by atoms with Gasteiger partial charge in [0.25, 0.3) is 0 Å². The van der Waals surface area contributed by atoms with Gasteiger partial charge in [0.1, 0.15) is 12.4 Å². The molecule has 1 atom stereocenters. The second kappa shape index (κ2) is 7.54. The van der Waals surface area contributed by atoms with Gasteiger partial charge in [-0.2, -0.15) is 31.4 Å². The van der Waals surface area contributed by atoms with Crippen molar-refractivity contribution >= 4 is 11.6 Å². The van der Waals surface area contributed by atoms with E-state index in [-0.39, 0.29) is 24.7 Å². The summed E-state index contributed by atoms with van der Waals surface area (Å²) in [6, 6.07) is 2.93. The van der Waals surface area contributed by atoms with Crippen LogP contribution in [0.4, 0.5) is 26.3 Å². The Labute approximate surface area is 171 Å². The van der Waals surface area contributed by atoms with Crippen molar-refractivity contribution in [1.29, 1.82) is 0 Å². The third-order valence-corrected chi connectivity index (χ3v) is 5.12. The first kappa shape index (κ1) is 21.1. The molecule has 1 fully saturated rings. The maximum absolute atomic E-state index is 13.1. The number of halogens is 6. The van der Waals surface area contributed by atoms with Crippen LogP contribution in [0.5, 0.6) is 0 Å². The van der Waals surface area contributed by atoms with Gasteiger partial charge in [-0.05, 0) is 31.0 Å². The highest BCUT2D eigenvalue weighted by atomic mass is 19.4. The number of rotatable bonds is 3. The molecule has 3 aromatic rings. The molecule has 166 valence electrons. The van der Waals surface area contributed by atoms with E-state index < -0.39 is 29.5 Å². The lowest BCUT2D eigenvalue weighted by Gasteiger charge is -2.32. The normalized spacial score (nSPS) is 18.0. The highest BCUT2D eigenvalue weighted by Crippen LogP contribution is 2.31. The third kappa shape index (κ3) is 4.35. The van der Waals surface area contributed by atoms with Crippen LogP contribution in [0.2, 0.25) is 0 Å². The highest BCUT2D eigenvalue weighted by molar-refractivity contribution is 5.76. The van der Waals surface area contributed by atoms with E-state index in [2.05, 4.69) is 15.3 Å². The van der Waals surface area contributed by atoms with Crippen molar-refractivity contribution in [3.8, 4) is 0 Å². The fourth-order valence-corrected chi connectivity index (χ4v) is 3.61. The van der Waals surface area contributed by atoms with Gasteiger partial charge in [-0.15, -0.1) is 10.2 Å². The molecule has 1 aliphatic rings. The van der Waals surface area contributed by atoms with Gasteiger partial charge in [0, 0.05) is 31.4 Å². The lowest BCUT2D eigenvalue weighted by molar-refractivity contribution is -0.142. The summed E-state index contributed by atoms with van der Waals surface area (Å²) >= 11 is 0. The molecule has 3 aromatic heterocycles. The molecule has 0 bridgehead atoms. The minimum atomic E-state index is -4.60. The Morgan fingerprint density at radius 1 is 1.06 bits per heavy atom. The molecule has 13 heteroatoms. The first-order valence-corrected chi connectivity index (χ1v) is 9.32. The van der Waals surface area contributed by atoms with E-state index in [1.807, 2.05) is 0 Å². The number of likely N-dealkylation sites (tertiary alicyclic amines) is 1. The number of carbonyl (C=O) groups is 1. The van der Waals surface area contributed by atoms with Gasteiger partial charge < -0.3 is 4.90 Å². The number of aromatic nitrogens is 5. The summed E-state index contributed by atoms with van der Waals surface area (Å²) in [5.41, 5.74) is -1.68. The SMILES string of the molecule is O=C(Cn1ccc(C(F)(F)F)n1)N1CCCC(c2nnc3ccc(C(F)(F)F)cn23)C1. The van der Waals surface area contributed by atoms with Crippen molar-refractivity contribution in [3.63, 3.8) is 0 Å². The maximum atomic E-state index is 13.1. The maximum Gasteiger partial charge on any atom is 0.435 e. The highest BCUT2D eigenvalue weighted by Gasteiger charge is 2.35. The number of carbonyl (C=O) groups excluding carboxylic acids is 1. The second-order valence-corrected chi connectivity index (χ2v) is 7.28. The van der Waals surface area contributed by atoms with Gasteiger partial charge >= 0.3 is 12.4 Å². The van der Waals surface area contributed by atoms with Crippen molar-refractivity contribution in [3.05, 3.63) is 47.7 Å². The Morgan fingerprint density at radius 3 is 2.52 bits per heavy atom. The van der Waals surface area contributed by atoms with Crippen molar-refractivity contribution in [2.24, 2.45) is 0 Å². The number of hydrogen-bond donors (Lipinski definition) is 0. The monoisotopic (exact) mass is 446 g/mol. The lowest BCUT2D eigenvalue weighted by Crippen LogP contribution is -2.41. The third-order valence-electron chi connectivity index (χ3n) is 5.12. The van der Waals surface area contributed by atoms with Gasteiger partial charge in [0.15, 0.2) is 11.3 Å². The molecule has 0 radical (unpaired) electrons. The second-order valence-electron chi connectivity index (χ2n) is 7.28. The molecule has 0 aliphatic carbocycles. The molecule has 1 saturated heterocycles. The molecule has 4 heterocycles. The Kier molecular flexibility index (Phi) is 5.13. The van der Waals surface area contributed by atoms with Gasteiger partial charge in [0.05, 0.1) is 5.56 Å². The summed E-state index contributed by atoms with van der Waals surface area (Å²) in [4.78, 5) is 14.0. The van der Waals surface area contributed by atoms with Crippen molar-refractivity contribution in [1.82, 2.24) is 29.3 Å². The fraction of sp³-hybridized carbons (Fsp3) is 0.444. The molecule has 0 spiro atoms.